The molecule has 0 saturated carbocycles. The molecule has 4 nitrogen and oxygen atoms in total. The second-order valence-electron chi connectivity index (χ2n) is 6.78. The molecule has 21 heavy (non-hydrogen) atoms. The molecule has 3 heterocycles. The van der Waals surface area contributed by atoms with E-state index in [0.29, 0.717) is 11.9 Å². The molecule has 2 fully saturated rings. The minimum Gasteiger partial charge on any atom is -0.338 e. The Bertz CT molecular complexity index is 502. The van der Waals surface area contributed by atoms with Crippen molar-refractivity contribution >= 4 is 5.91 Å². The van der Waals surface area contributed by atoms with Gasteiger partial charge in [0.15, 0.2) is 0 Å². The lowest BCUT2D eigenvalue weighted by Crippen LogP contribution is -2.49. The van der Waals surface area contributed by atoms with E-state index in [0.717, 1.165) is 45.4 Å². The zero-order valence-corrected chi connectivity index (χ0v) is 13.1. The minimum atomic E-state index is -0.116. The molecule has 1 unspecified atom stereocenters. The van der Waals surface area contributed by atoms with Crippen molar-refractivity contribution in [3.63, 3.8) is 0 Å². The van der Waals surface area contributed by atoms with Crippen LogP contribution >= 0.6 is 0 Å². The van der Waals surface area contributed by atoms with Gasteiger partial charge in [-0.1, -0.05) is 0 Å². The highest BCUT2D eigenvalue weighted by atomic mass is 16.2. The van der Waals surface area contributed by atoms with Gasteiger partial charge >= 0.3 is 0 Å². The monoisotopic (exact) mass is 287 g/mol. The summed E-state index contributed by atoms with van der Waals surface area (Å²) in [6.07, 6.45) is 6.81. The van der Waals surface area contributed by atoms with Crippen molar-refractivity contribution in [1.82, 2.24) is 14.8 Å². The molecule has 1 aromatic heterocycles. The number of carbonyl (C=O) groups excluding carboxylic acids is 1. The molecule has 1 amide bonds. The fraction of sp³-hybridized carbons (Fsp3) is 0.647. The minimum absolute atomic E-state index is 0.116. The molecule has 0 aromatic carbocycles. The highest BCUT2D eigenvalue weighted by molar-refractivity contribution is 5.85. The summed E-state index contributed by atoms with van der Waals surface area (Å²) in [5, 5.41) is 0. The molecule has 1 aromatic rings. The summed E-state index contributed by atoms with van der Waals surface area (Å²) in [7, 11) is 0. The number of rotatable bonds is 3. The Labute approximate surface area is 127 Å². The van der Waals surface area contributed by atoms with Gasteiger partial charge in [0.05, 0.1) is 5.41 Å². The van der Waals surface area contributed by atoms with Crippen LogP contribution in [-0.2, 0) is 11.3 Å². The third-order valence-electron chi connectivity index (χ3n) is 5.06. The van der Waals surface area contributed by atoms with Gasteiger partial charge in [-0.15, -0.1) is 0 Å². The largest absolute Gasteiger partial charge is 0.338 e. The quantitative estimate of drug-likeness (QED) is 0.856. The van der Waals surface area contributed by atoms with Crippen LogP contribution in [0.1, 0.15) is 38.7 Å². The summed E-state index contributed by atoms with van der Waals surface area (Å²) >= 11 is 0. The first kappa shape index (κ1) is 14.5. The average Bonchev–Trinajstić information content (AvgIpc) is 2.78. The predicted octanol–water partition coefficient (Wildman–Crippen LogP) is 2.30. The predicted molar refractivity (Wildman–Crippen MR) is 82.6 cm³/mol. The van der Waals surface area contributed by atoms with E-state index in [1.165, 1.54) is 5.56 Å². The van der Waals surface area contributed by atoms with E-state index < -0.39 is 0 Å². The molecule has 2 saturated heterocycles. The third-order valence-corrected chi connectivity index (χ3v) is 5.06. The maximum atomic E-state index is 12.9. The number of hydrogen-bond donors (Lipinski definition) is 0. The van der Waals surface area contributed by atoms with Crippen molar-refractivity contribution < 1.29 is 4.79 Å². The van der Waals surface area contributed by atoms with Gasteiger partial charge in [0, 0.05) is 38.1 Å². The summed E-state index contributed by atoms with van der Waals surface area (Å²) in [5.74, 6) is 0.365. The van der Waals surface area contributed by atoms with Gasteiger partial charge in [0.2, 0.25) is 5.91 Å². The van der Waals surface area contributed by atoms with Crippen LogP contribution < -0.4 is 0 Å². The number of nitrogens with zero attached hydrogens (tertiary/aromatic N) is 3. The van der Waals surface area contributed by atoms with Gasteiger partial charge in [-0.25, -0.2) is 0 Å². The van der Waals surface area contributed by atoms with Crippen LogP contribution in [0.4, 0.5) is 0 Å². The van der Waals surface area contributed by atoms with Crippen molar-refractivity contribution in [3.8, 4) is 0 Å². The van der Waals surface area contributed by atoms with Crippen molar-refractivity contribution in [2.75, 3.05) is 19.6 Å². The van der Waals surface area contributed by atoms with Crippen molar-refractivity contribution in [2.24, 2.45) is 5.41 Å². The fourth-order valence-electron chi connectivity index (χ4n) is 3.74. The number of pyridine rings is 1. The lowest BCUT2D eigenvalue weighted by atomic mass is 9.78. The molecule has 114 valence electrons. The molecule has 4 heteroatoms. The van der Waals surface area contributed by atoms with E-state index >= 15 is 0 Å². The number of amides is 1. The van der Waals surface area contributed by atoms with Gasteiger partial charge in [-0.2, -0.15) is 0 Å². The number of carbonyl (C=O) groups is 1. The van der Waals surface area contributed by atoms with Gasteiger partial charge in [0.25, 0.3) is 0 Å². The number of piperidine rings is 1. The summed E-state index contributed by atoms with van der Waals surface area (Å²) in [6, 6.07) is 4.53. The van der Waals surface area contributed by atoms with E-state index in [1.54, 1.807) is 12.4 Å². The van der Waals surface area contributed by atoms with E-state index in [2.05, 4.69) is 23.7 Å². The van der Waals surface area contributed by atoms with Gasteiger partial charge in [-0.05, 0) is 57.4 Å². The topological polar surface area (TPSA) is 36.4 Å². The second-order valence-corrected chi connectivity index (χ2v) is 6.78. The Morgan fingerprint density at radius 3 is 2.71 bits per heavy atom. The summed E-state index contributed by atoms with van der Waals surface area (Å²) in [5.41, 5.74) is 1.06. The SMILES string of the molecule is CC(C)N1CCCC2(CCN(Cc3ccncc3)C2=O)C1. The average molecular weight is 287 g/mol. The molecule has 0 bridgehead atoms. The van der Waals surface area contributed by atoms with Crippen LogP contribution in [0.25, 0.3) is 0 Å². The van der Waals surface area contributed by atoms with Crippen molar-refractivity contribution in [3.05, 3.63) is 30.1 Å². The number of likely N-dealkylation sites (tertiary alicyclic amines) is 2. The van der Waals surface area contributed by atoms with Gasteiger partial charge < -0.3 is 4.90 Å². The Balaban J connectivity index is 1.71. The van der Waals surface area contributed by atoms with E-state index in [9.17, 15) is 4.79 Å². The molecule has 3 rings (SSSR count). The van der Waals surface area contributed by atoms with Crippen molar-refractivity contribution in [2.45, 2.75) is 45.7 Å². The zero-order valence-electron chi connectivity index (χ0n) is 13.1. The lowest BCUT2D eigenvalue weighted by Gasteiger charge is -2.41. The lowest BCUT2D eigenvalue weighted by molar-refractivity contribution is -0.139. The summed E-state index contributed by atoms with van der Waals surface area (Å²) < 4.78 is 0. The first-order valence-corrected chi connectivity index (χ1v) is 8.03. The molecule has 0 radical (unpaired) electrons. The highest BCUT2D eigenvalue weighted by Gasteiger charge is 2.48. The molecule has 2 aliphatic heterocycles. The number of hydrogen-bond acceptors (Lipinski definition) is 3. The van der Waals surface area contributed by atoms with E-state index in [-0.39, 0.29) is 5.41 Å². The Kier molecular flexibility index (Phi) is 3.98. The molecule has 0 aliphatic carbocycles. The fourth-order valence-corrected chi connectivity index (χ4v) is 3.74. The van der Waals surface area contributed by atoms with Crippen LogP contribution in [0, 0.1) is 5.41 Å². The molecule has 2 aliphatic rings. The van der Waals surface area contributed by atoms with E-state index in [1.807, 2.05) is 17.0 Å². The van der Waals surface area contributed by atoms with Crippen LogP contribution in [0.15, 0.2) is 24.5 Å². The Hall–Kier alpha value is -1.42. The maximum absolute atomic E-state index is 12.9. The first-order valence-electron chi connectivity index (χ1n) is 8.03. The van der Waals surface area contributed by atoms with Crippen LogP contribution in [-0.4, -0.2) is 46.4 Å². The molecule has 1 atom stereocenters. The maximum Gasteiger partial charge on any atom is 0.230 e. The normalized spacial score (nSPS) is 27.0. The van der Waals surface area contributed by atoms with Crippen LogP contribution in [0.5, 0.6) is 0 Å². The Morgan fingerprint density at radius 2 is 2.00 bits per heavy atom. The van der Waals surface area contributed by atoms with Crippen LogP contribution in [0.3, 0.4) is 0 Å². The molecular formula is C17H25N3O. The summed E-state index contributed by atoms with van der Waals surface area (Å²) in [6.45, 7) is 8.16. The molecule has 1 spiro atoms. The first-order chi connectivity index (χ1) is 10.1. The molecule has 0 N–H and O–H groups in total. The van der Waals surface area contributed by atoms with Gasteiger partial charge in [-0.3, -0.25) is 14.7 Å². The van der Waals surface area contributed by atoms with Crippen LogP contribution in [0.2, 0.25) is 0 Å². The molecular weight excluding hydrogens is 262 g/mol. The smallest absolute Gasteiger partial charge is 0.230 e. The van der Waals surface area contributed by atoms with Gasteiger partial charge in [0.1, 0.15) is 0 Å². The Morgan fingerprint density at radius 1 is 1.24 bits per heavy atom. The zero-order chi connectivity index (χ0) is 14.9. The van der Waals surface area contributed by atoms with E-state index in [4.69, 9.17) is 0 Å². The third kappa shape index (κ3) is 2.82. The standard InChI is InChI=1S/C17H25N3O/c1-14(2)20-10-3-6-17(13-20)7-11-19(16(17)21)12-15-4-8-18-9-5-15/h4-5,8-9,14H,3,6-7,10-13H2,1-2H3. The second kappa shape index (κ2) is 5.76. The highest BCUT2D eigenvalue weighted by Crippen LogP contribution is 2.41. The van der Waals surface area contributed by atoms with Crippen molar-refractivity contribution in [1.29, 1.82) is 0 Å². The summed E-state index contributed by atoms with van der Waals surface area (Å²) in [4.78, 5) is 21.5. The number of aromatic nitrogens is 1.